The van der Waals surface area contributed by atoms with E-state index in [9.17, 15) is 0 Å². The molecule has 16 atom stereocenters. The Morgan fingerprint density at radius 3 is 0.628 bits per heavy atom. The van der Waals surface area contributed by atoms with Gasteiger partial charge in [-0.15, -0.1) is 126 Å². The van der Waals surface area contributed by atoms with E-state index in [0.717, 1.165) is 114 Å². The average molecular weight is 1680 g/mol. The summed E-state index contributed by atoms with van der Waals surface area (Å²) in [5.41, 5.74) is 2.18. The molecule has 550 valence electrons. The van der Waals surface area contributed by atoms with E-state index in [0.29, 0.717) is 103 Å². The largest absolute Gasteiger partial charge is 0.518 e. The lowest BCUT2D eigenvalue weighted by Crippen LogP contribution is -2.73. The van der Waals surface area contributed by atoms with Crippen LogP contribution in [-0.4, -0.2) is 132 Å². The van der Waals surface area contributed by atoms with Gasteiger partial charge in [-0.3, -0.25) is 0 Å². The monoisotopic (exact) mass is 1680 g/mol. The molecular weight excluding hydrogens is 1560 g/mol. The van der Waals surface area contributed by atoms with Crippen LogP contribution >= 0.6 is 165 Å². The van der Waals surface area contributed by atoms with Crippen molar-refractivity contribution in [1.82, 2.24) is 0 Å². The van der Waals surface area contributed by atoms with E-state index in [1.807, 2.05) is 0 Å². The van der Waals surface area contributed by atoms with E-state index in [1.54, 1.807) is 39.3 Å². The standard InChI is InChI=1S/C62H118O12S16Si4/c1-15-63-91(64-16-2,65-17-3)59(43-47-31-35-51(59)39-47)87(79,83-75)57(13,88(80,84-76)60(44-48-32-36-52(60)40-48)92(66-18-4,67-19-5)68-20-6)55-29-27-28-30-56(55)58(14,89(81,85-77)61(45-49-33-37-53(61)41-49)93(69-21-7,70-22-8)71-23-9)90(82,86-78)62(46-50-34-38-54(62)42-50)94(72-24-10,73-25-11)74-26-12/h27-30,47-54,75-82H,15-26,31-46H2,1-14H3. The number of benzene rings is 1. The highest BCUT2D eigenvalue weighted by Crippen LogP contribution is 3.07. The lowest BCUT2D eigenvalue weighted by molar-refractivity contribution is 0.0482. The van der Waals surface area contributed by atoms with E-state index < -0.39 is 93.2 Å². The molecule has 0 aromatic heterocycles. The van der Waals surface area contributed by atoms with Crippen LogP contribution in [0.4, 0.5) is 0 Å². The third-order valence-electron chi connectivity index (χ3n) is 23.7. The fraction of sp³-hybridized carbons (Fsp3) is 0.903. The summed E-state index contributed by atoms with van der Waals surface area (Å²) in [7, 11) is -21.0. The Hall–Kier alpha value is 5.21. The Kier molecular flexibility index (Phi) is 29.4. The van der Waals surface area contributed by atoms with Crippen LogP contribution < -0.4 is 0 Å². The van der Waals surface area contributed by atoms with Crippen molar-refractivity contribution < 1.29 is 53.1 Å². The van der Waals surface area contributed by atoms with Crippen LogP contribution in [0.25, 0.3) is 0 Å². The van der Waals surface area contributed by atoms with Gasteiger partial charge in [0.15, 0.2) is 0 Å². The first kappa shape index (κ1) is 83.2. The minimum atomic E-state index is -3.96. The highest BCUT2D eigenvalue weighted by atomic mass is 33.8. The van der Waals surface area contributed by atoms with Crippen molar-refractivity contribution in [2.45, 2.75) is 225 Å². The molecule has 16 unspecified atom stereocenters. The molecular formula is C62H118O12S16Si4. The van der Waals surface area contributed by atoms with Crippen molar-refractivity contribution in [2.75, 3.05) is 79.3 Å². The molecule has 1 aromatic carbocycles. The molecule has 8 bridgehead atoms. The Labute approximate surface area is 633 Å². The molecule has 0 N–H and O–H groups in total. The van der Waals surface area contributed by atoms with E-state index in [4.69, 9.17) is 146 Å². The SMILES string of the molecule is CCO[Si](OCC)(OCC)C1(S(S)(SS)C(C)(c2ccccc2C(C)(S(S)(SS)C2([Si](OCC)(OCC)OCC)CC3CCC2C3)S(S)(SS)C2([Si](OCC)(OCC)OCC)CC3CCC2C3)S(S)(SS)C2([Si](OCC)(OCC)OCC)CC3CCC2C3)CC2CCC1C2. The van der Waals surface area contributed by atoms with Gasteiger partial charge in [0.2, 0.25) is 0 Å². The van der Waals surface area contributed by atoms with Crippen LogP contribution in [0.15, 0.2) is 24.3 Å². The zero-order valence-electron chi connectivity index (χ0n) is 58.5. The quantitative estimate of drug-likeness (QED) is 0.0181. The third-order valence-corrected chi connectivity index (χ3v) is 99.9. The molecule has 0 amide bonds. The van der Waals surface area contributed by atoms with Gasteiger partial charge in [-0.1, -0.05) is 49.9 Å². The van der Waals surface area contributed by atoms with Crippen molar-refractivity contribution in [1.29, 1.82) is 0 Å². The molecule has 8 fully saturated rings. The van der Waals surface area contributed by atoms with Crippen molar-refractivity contribution in [3.63, 3.8) is 0 Å². The van der Waals surface area contributed by atoms with Gasteiger partial charge in [0.1, 0.15) is 0 Å². The molecule has 0 saturated heterocycles. The third kappa shape index (κ3) is 11.8. The van der Waals surface area contributed by atoms with E-state index in [1.165, 1.54) is 0 Å². The summed E-state index contributed by atoms with van der Waals surface area (Å²) in [6.45, 7) is 35.2. The number of thiol groups is 8. The summed E-state index contributed by atoms with van der Waals surface area (Å²) in [6, 6.07) is 9.47. The smallest absolute Gasteiger partial charge is 0.373 e. The van der Waals surface area contributed by atoms with Crippen molar-refractivity contribution >= 4 is 200 Å². The van der Waals surface area contributed by atoms with Gasteiger partial charge in [-0.25, -0.2) is 0 Å². The molecule has 32 heteroatoms. The topological polar surface area (TPSA) is 111 Å². The van der Waals surface area contributed by atoms with Crippen LogP contribution in [0.3, 0.4) is 0 Å². The summed E-state index contributed by atoms with van der Waals surface area (Å²) in [4.78, 5) is 0. The van der Waals surface area contributed by atoms with Gasteiger partial charge in [0.05, 0.1) is 25.6 Å². The highest BCUT2D eigenvalue weighted by Gasteiger charge is 2.88. The average Bonchev–Trinajstić information content (AvgIpc) is 1.12. The van der Waals surface area contributed by atoms with Crippen LogP contribution in [-0.2, 0) is 61.3 Å². The number of hydrogen-bond acceptors (Lipinski definition) is 24. The number of fused-ring (bicyclic) bond motifs is 8. The Bertz CT molecular complexity index is 2300. The number of rotatable bonds is 42. The highest BCUT2D eigenvalue weighted by molar-refractivity contribution is 9.42. The van der Waals surface area contributed by atoms with E-state index >= 15 is 0 Å². The van der Waals surface area contributed by atoms with Crippen LogP contribution in [0.5, 0.6) is 0 Å². The zero-order chi connectivity index (χ0) is 68.7. The van der Waals surface area contributed by atoms with E-state index in [-0.39, 0.29) is 23.7 Å². The molecule has 0 spiro atoms. The van der Waals surface area contributed by atoms with Crippen LogP contribution in [0.2, 0.25) is 0 Å². The van der Waals surface area contributed by atoms with Gasteiger partial charge in [-0.05, 0) is 272 Å². The van der Waals surface area contributed by atoms with E-state index in [2.05, 4.69) is 121 Å². The van der Waals surface area contributed by atoms with Gasteiger partial charge in [-0.2, -0.15) is 0 Å². The Balaban J connectivity index is 1.60. The zero-order valence-corrected chi connectivity index (χ0v) is 76.2. The second kappa shape index (κ2) is 33.2. The van der Waals surface area contributed by atoms with Crippen molar-refractivity contribution in [3.05, 3.63) is 35.4 Å². The molecule has 12 nitrogen and oxygen atoms in total. The first-order valence-corrected chi connectivity index (χ1v) is 62.4. The predicted molar refractivity (Wildman–Crippen MR) is 449 cm³/mol. The van der Waals surface area contributed by atoms with Gasteiger partial charge in [0, 0.05) is 79.3 Å². The molecule has 8 aliphatic rings. The Morgan fingerprint density at radius 2 is 0.511 bits per heavy atom. The first-order valence-electron chi connectivity index (χ1n) is 35.2. The maximum atomic E-state index is 7.63. The summed E-state index contributed by atoms with van der Waals surface area (Å²) in [5, 5.41) is 0. The summed E-state index contributed by atoms with van der Waals surface area (Å²) >= 11 is 51.7. The fourth-order valence-electron chi connectivity index (χ4n) is 21.0. The normalized spacial score (nSPS) is 36.0. The molecule has 8 saturated carbocycles. The molecule has 94 heavy (non-hydrogen) atoms. The number of hydrogen-bond donors (Lipinski definition) is 8. The minimum Gasteiger partial charge on any atom is -0.373 e. The summed E-state index contributed by atoms with van der Waals surface area (Å²) in [5.74, 6) is 1.92. The minimum absolute atomic E-state index is 0.106. The molecule has 1 aromatic rings. The molecule has 0 heterocycles. The van der Waals surface area contributed by atoms with Crippen LogP contribution in [0.1, 0.15) is 211 Å². The maximum Gasteiger partial charge on any atom is 0.518 e. The lowest BCUT2D eigenvalue weighted by atomic mass is 9.99. The van der Waals surface area contributed by atoms with Crippen molar-refractivity contribution in [2.24, 2.45) is 47.3 Å². The maximum absolute atomic E-state index is 7.63. The second-order valence-corrected chi connectivity index (χ2v) is 74.3. The molecule has 9 rings (SSSR count). The first-order chi connectivity index (χ1) is 44.9. The summed E-state index contributed by atoms with van der Waals surface area (Å²) < 4.78 is 86.0. The molecule has 0 radical (unpaired) electrons. The molecule has 0 aliphatic heterocycles. The Morgan fingerprint density at radius 1 is 0.340 bits per heavy atom. The fourth-order valence-corrected chi connectivity index (χ4v) is 107. The van der Waals surface area contributed by atoms with Gasteiger partial charge in [0.25, 0.3) is 0 Å². The lowest BCUT2D eigenvalue weighted by Gasteiger charge is -2.75. The van der Waals surface area contributed by atoms with Crippen LogP contribution in [0, 0.1) is 47.3 Å². The second-order valence-electron chi connectivity index (χ2n) is 27.1. The summed E-state index contributed by atoms with van der Waals surface area (Å²) in [6.07, 6.45) is 15.6. The molecule has 8 aliphatic carbocycles. The van der Waals surface area contributed by atoms with Crippen molar-refractivity contribution in [3.8, 4) is 0 Å². The predicted octanol–water partition coefficient (Wildman–Crippen LogP) is 21.2. The van der Waals surface area contributed by atoms with Gasteiger partial charge < -0.3 is 53.1 Å². The van der Waals surface area contributed by atoms with Gasteiger partial charge >= 0.3 is 35.2 Å².